The van der Waals surface area contributed by atoms with Crippen molar-refractivity contribution in [3.8, 4) is 0 Å². The van der Waals surface area contributed by atoms with Crippen LogP contribution in [0.15, 0.2) is 65.6 Å². The third kappa shape index (κ3) is 5.68. The van der Waals surface area contributed by atoms with Gasteiger partial charge in [-0.3, -0.25) is 0 Å². The summed E-state index contributed by atoms with van der Waals surface area (Å²) in [4.78, 5) is 1.30. The summed E-state index contributed by atoms with van der Waals surface area (Å²) in [7, 11) is -1.82. The Morgan fingerprint density at radius 3 is 2.30 bits per heavy atom. The molecule has 1 unspecified atom stereocenters. The first-order chi connectivity index (χ1) is 11.0. The lowest BCUT2D eigenvalue weighted by Gasteiger charge is -2.27. The Hall–Kier alpha value is -1.29. The van der Waals surface area contributed by atoms with Gasteiger partial charge in [0.25, 0.3) is 0 Å². The van der Waals surface area contributed by atoms with E-state index < -0.39 is 8.32 Å². The second-order valence-electron chi connectivity index (χ2n) is 6.22. The van der Waals surface area contributed by atoms with Gasteiger partial charge in [0.15, 0.2) is 0 Å². The van der Waals surface area contributed by atoms with Crippen LogP contribution in [0.5, 0.6) is 0 Å². The Balaban J connectivity index is 1.89. The van der Waals surface area contributed by atoms with Crippen LogP contribution < -0.4 is 5.19 Å². The van der Waals surface area contributed by atoms with Crippen LogP contribution in [0.2, 0.25) is 13.1 Å². The molecule has 0 heterocycles. The van der Waals surface area contributed by atoms with E-state index in [4.69, 9.17) is 4.43 Å². The quantitative estimate of drug-likeness (QED) is 0.497. The molecular formula is C20H26OSSi. The van der Waals surface area contributed by atoms with Crippen LogP contribution >= 0.6 is 11.8 Å². The Morgan fingerprint density at radius 1 is 1.04 bits per heavy atom. The highest BCUT2D eigenvalue weighted by Crippen LogP contribution is 2.16. The third-order valence-corrected chi connectivity index (χ3v) is 7.32. The van der Waals surface area contributed by atoms with Crippen molar-refractivity contribution in [3.63, 3.8) is 0 Å². The molecule has 0 aliphatic heterocycles. The van der Waals surface area contributed by atoms with Crippen molar-refractivity contribution in [3.05, 3.63) is 66.2 Å². The van der Waals surface area contributed by atoms with Gasteiger partial charge in [-0.15, -0.1) is 11.8 Å². The molecule has 0 saturated heterocycles. The summed E-state index contributed by atoms with van der Waals surface area (Å²) in [5.41, 5.74) is 1.24. The second kappa shape index (κ2) is 8.53. The van der Waals surface area contributed by atoms with E-state index in [0.29, 0.717) is 0 Å². The molecule has 0 amide bonds. The highest BCUT2D eigenvalue weighted by molar-refractivity contribution is 7.98. The minimum absolute atomic E-state index is 0.235. The summed E-state index contributed by atoms with van der Waals surface area (Å²) in [5, 5.41) is 1.35. The van der Waals surface area contributed by atoms with Crippen molar-refractivity contribution >= 4 is 31.3 Å². The highest BCUT2D eigenvalue weighted by Gasteiger charge is 2.26. The van der Waals surface area contributed by atoms with Gasteiger partial charge in [-0.2, -0.15) is 0 Å². The van der Waals surface area contributed by atoms with Crippen LogP contribution in [0.4, 0.5) is 0 Å². The van der Waals surface area contributed by atoms with Gasteiger partial charge < -0.3 is 4.43 Å². The van der Waals surface area contributed by atoms with Gasteiger partial charge in [0.05, 0.1) is 0 Å². The molecule has 0 fully saturated rings. The molecule has 0 bridgehead atoms. The van der Waals surface area contributed by atoms with Gasteiger partial charge in [-0.1, -0.05) is 54.6 Å². The molecule has 0 radical (unpaired) electrons. The SMILES string of the molecule is CSc1ccc(/C=C\CC(C)O[Si](C)(C)c2ccccc2)cc1. The van der Waals surface area contributed by atoms with E-state index in [9.17, 15) is 0 Å². The van der Waals surface area contributed by atoms with E-state index in [2.05, 4.69) is 93.0 Å². The van der Waals surface area contributed by atoms with Crippen molar-refractivity contribution in [2.75, 3.05) is 6.26 Å². The maximum absolute atomic E-state index is 6.38. The van der Waals surface area contributed by atoms with Crippen LogP contribution in [0.3, 0.4) is 0 Å². The second-order valence-corrected chi connectivity index (χ2v) is 10.9. The summed E-state index contributed by atoms with van der Waals surface area (Å²) in [5.74, 6) is 0. The van der Waals surface area contributed by atoms with Gasteiger partial charge in [-0.25, -0.2) is 0 Å². The van der Waals surface area contributed by atoms with E-state index in [0.717, 1.165) is 6.42 Å². The fraction of sp³-hybridized carbons (Fsp3) is 0.300. The molecule has 1 atom stereocenters. The molecule has 0 aliphatic rings. The fourth-order valence-corrected chi connectivity index (χ4v) is 5.21. The number of benzene rings is 2. The van der Waals surface area contributed by atoms with Crippen molar-refractivity contribution in [1.29, 1.82) is 0 Å². The van der Waals surface area contributed by atoms with Crippen LogP contribution in [-0.2, 0) is 4.43 Å². The Kier molecular flexibility index (Phi) is 6.69. The van der Waals surface area contributed by atoms with E-state index in [1.807, 2.05) is 0 Å². The topological polar surface area (TPSA) is 9.23 Å². The summed E-state index contributed by atoms with van der Waals surface area (Å²) >= 11 is 1.77. The predicted molar refractivity (Wildman–Crippen MR) is 106 cm³/mol. The molecule has 1 nitrogen and oxygen atoms in total. The van der Waals surface area contributed by atoms with Gasteiger partial charge in [0.1, 0.15) is 0 Å². The monoisotopic (exact) mass is 342 g/mol. The van der Waals surface area contributed by atoms with Gasteiger partial charge in [0.2, 0.25) is 8.32 Å². The smallest absolute Gasteiger partial charge is 0.218 e. The fourth-order valence-electron chi connectivity index (χ4n) is 2.57. The first-order valence-electron chi connectivity index (χ1n) is 8.05. The van der Waals surface area contributed by atoms with Crippen LogP contribution in [0.1, 0.15) is 18.9 Å². The standard InChI is InChI=1S/C20H26OSSi/c1-17(21-23(3,4)20-11-6-5-7-12-20)9-8-10-18-13-15-19(22-2)16-14-18/h5-8,10-17H,9H2,1-4H3/b10-8-. The lowest BCUT2D eigenvalue weighted by Crippen LogP contribution is -2.46. The highest BCUT2D eigenvalue weighted by atomic mass is 32.2. The first-order valence-corrected chi connectivity index (χ1v) is 12.2. The summed E-state index contributed by atoms with van der Waals surface area (Å²) < 4.78 is 6.38. The summed E-state index contributed by atoms with van der Waals surface area (Å²) in [6.07, 6.45) is 7.67. The number of thioether (sulfide) groups is 1. The molecular weight excluding hydrogens is 316 g/mol. The van der Waals surface area contributed by atoms with Crippen molar-refractivity contribution < 1.29 is 4.43 Å². The molecule has 23 heavy (non-hydrogen) atoms. The number of hydrogen-bond donors (Lipinski definition) is 0. The molecule has 0 N–H and O–H groups in total. The van der Waals surface area contributed by atoms with Crippen molar-refractivity contribution in [1.82, 2.24) is 0 Å². The van der Waals surface area contributed by atoms with Gasteiger partial charge in [0, 0.05) is 11.0 Å². The Morgan fingerprint density at radius 2 is 1.70 bits per heavy atom. The minimum atomic E-state index is -1.82. The number of hydrogen-bond acceptors (Lipinski definition) is 2. The molecule has 0 aromatic heterocycles. The zero-order chi connectivity index (χ0) is 16.7. The average molecular weight is 343 g/mol. The first kappa shape index (κ1) is 18.1. The minimum Gasteiger partial charge on any atom is -0.410 e. The maximum Gasteiger partial charge on any atom is 0.218 e. The van der Waals surface area contributed by atoms with E-state index in [-0.39, 0.29) is 6.10 Å². The Labute approximate surface area is 145 Å². The molecule has 122 valence electrons. The zero-order valence-electron chi connectivity index (χ0n) is 14.5. The number of rotatable bonds is 7. The normalized spacial score (nSPS) is 13.4. The Bertz CT molecular complexity index is 620. The predicted octanol–water partition coefficient (Wildman–Crippen LogP) is 5.33. The van der Waals surface area contributed by atoms with Crippen LogP contribution in [0.25, 0.3) is 6.08 Å². The molecule has 2 aromatic rings. The largest absolute Gasteiger partial charge is 0.410 e. The van der Waals surface area contributed by atoms with E-state index in [1.54, 1.807) is 11.8 Å². The summed E-state index contributed by atoms with van der Waals surface area (Å²) in [6.45, 7) is 6.70. The van der Waals surface area contributed by atoms with E-state index in [1.165, 1.54) is 15.6 Å². The average Bonchev–Trinajstić information content (AvgIpc) is 2.56. The lowest BCUT2D eigenvalue weighted by atomic mass is 10.2. The van der Waals surface area contributed by atoms with Crippen molar-refractivity contribution in [2.45, 2.75) is 37.4 Å². The molecule has 0 saturated carbocycles. The lowest BCUT2D eigenvalue weighted by molar-refractivity contribution is 0.221. The van der Waals surface area contributed by atoms with E-state index >= 15 is 0 Å². The molecule has 0 spiro atoms. The molecule has 2 aromatic carbocycles. The van der Waals surface area contributed by atoms with Crippen LogP contribution in [-0.4, -0.2) is 20.7 Å². The van der Waals surface area contributed by atoms with Crippen molar-refractivity contribution in [2.24, 2.45) is 0 Å². The maximum atomic E-state index is 6.38. The molecule has 2 rings (SSSR count). The van der Waals surface area contributed by atoms with Gasteiger partial charge in [-0.05, 0) is 55.6 Å². The summed E-state index contributed by atoms with van der Waals surface area (Å²) in [6, 6.07) is 19.3. The zero-order valence-corrected chi connectivity index (χ0v) is 16.3. The third-order valence-electron chi connectivity index (χ3n) is 3.86. The molecule has 0 aliphatic carbocycles. The van der Waals surface area contributed by atoms with Gasteiger partial charge >= 0.3 is 0 Å². The molecule has 3 heteroatoms. The van der Waals surface area contributed by atoms with Crippen LogP contribution in [0, 0.1) is 0 Å².